The highest BCUT2D eigenvalue weighted by molar-refractivity contribution is 5.99. The number of allylic oxidation sites excluding steroid dienone is 1. The molecule has 1 aromatic rings. The molecule has 0 saturated carbocycles. The molecular weight excluding hydrogens is 321 g/mol. The van der Waals surface area contributed by atoms with Crippen LogP contribution in [0.25, 0.3) is 0 Å². The van der Waals surface area contributed by atoms with Gasteiger partial charge in [-0.2, -0.15) is 0 Å². The van der Waals surface area contributed by atoms with Crippen LogP contribution in [0.2, 0.25) is 0 Å². The average molecular weight is 337 g/mol. The van der Waals surface area contributed by atoms with E-state index in [1.165, 1.54) is 24.3 Å². The second-order valence-corrected chi connectivity index (χ2v) is 5.45. The number of carbonyl (C=O) groups is 2. The molecule has 1 saturated heterocycles. The first-order valence-corrected chi connectivity index (χ1v) is 7.04. The van der Waals surface area contributed by atoms with E-state index >= 15 is 0 Å². The number of halogens is 1. The van der Waals surface area contributed by atoms with Gasteiger partial charge in [-0.25, -0.2) is 9.18 Å². The van der Waals surface area contributed by atoms with Crippen LogP contribution >= 0.6 is 0 Å². The van der Waals surface area contributed by atoms with Crippen molar-refractivity contribution in [3.8, 4) is 0 Å². The molecule has 1 aliphatic heterocycles. The third-order valence-electron chi connectivity index (χ3n) is 3.49. The lowest BCUT2D eigenvalue weighted by Gasteiger charge is -2.40. The molecule has 2 atom stereocenters. The number of nitrogens with two attached hydrogens (primary N) is 1. The fraction of sp³-hybridized carbons (Fsp3) is 0.333. The van der Waals surface area contributed by atoms with E-state index < -0.39 is 29.1 Å². The summed E-state index contributed by atoms with van der Waals surface area (Å²) < 4.78 is 18.8. The topological polar surface area (TPSA) is 116 Å². The smallest absolute Gasteiger partial charge is 0.355 e. The normalized spacial score (nSPS) is 19.5. The molecule has 2 unspecified atom stereocenters. The molecule has 0 aliphatic carbocycles. The second kappa shape index (κ2) is 6.75. The lowest BCUT2D eigenvalue weighted by atomic mass is 10.0. The predicted molar refractivity (Wildman–Crippen MR) is 81.0 cm³/mol. The summed E-state index contributed by atoms with van der Waals surface area (Å²) >= 11 is 0. The van der Waals surface area contributed by atoms with Gasteiger partial charge in [0.05, 0.1) is 4.92 Å². The van der Waals surface area contributed by atoms with Crippen molar-refractivity contribution in [3.63, 3.8) is 0 Å². The van der Waals surface area contributed by atoms with Gasteiger partial charge < -0.3 is 10.5 Å². The van der Waals surface area contributed by atoms with Gasteiger partial charge in [-0.1, -0.05) is 0 Å². The molecule has 0 spiro atoms. The number of carbonyl (C=O) groups excluding carboxylic acids is 2. The van der Waals surface area contributed by atoms with E-state index in [1.54, 1.807) is 13.8 Å². The Morgan fingerprint density at radius 1 is 1.38 bits per heavy atom. The molecule has 1 fully saturated rings. The van der Waals surface area contributed by atoms with Crippen molar-refractivity contribution in [2.24, 2.45) is 5.73 Å². The summed E-state index contributed by atoms with van der Waals surface area (Å²) in [6.07, 6.45) is -1.77. The summed E-state index contributed by atoms with van der Waals surface area (Å²) in [6.45, 7) is 2.93. The summed E-state index contributed by atoms with van der Waals surface area (Å²) in [7, 11) is 0. The Labute approximate surface area is 136 Å². The zero-order valence-corrected chi connectivity index (χ0v) is 13.1. The van der Waals surface area contributed by atoms with E-state index in [9.17, 15) is 24.1 Å². The number of likely N-dealkylation sites (tertiary alicyclic amines) is 1. The minimum Gasteiger partial charge on any atom is -0.456 e. The molecule has 0 bridgehead atoms. The minimum absolute atomic E-state index is 0.0875. The monoisotopic (exact) mass is 337 g/mol. The quantitative estimate of drug-likeness (QED) is 0.217. The number of β-lactam (4-membered cyclic amide) rings is 1. The van der Waals surface area contributed by atoms with Crippen LogP contribution in [0.15, 0.2) is 35.5 Å². The van der Waals surface area contributed by atoms with Crippen molar-refractivity contribution in [1.29, 1.82) is 0 Å². The number of rotatable bonds is 5. The number of non-ortho nitro benzene ring substituents is 1. The molecule has 9 heteroatoms. The SMILES string of the molecule is CC(C)=C(C(=O)OCc1ccc([N+](=O)[O-])cc1)N1C(=O)C(N)C1F. The van der Waals surface area contributed by atoms with E-state index in [1.807, 2.05) is 0 Å². The number of nitrogens with zero attached hydrogens (tertiary/aromatic N) is 2. The van der Waals surface area contributed by atoms with Crippen LogP contribution in [-0.2, 0) is 20.9 Å². The number of ether oxygens (including phenoxy) is 1. The molecule has 128 valence electrons. The lowest BCUT2D eigenvalue weighted by Crippen LogP contribution is -2.66. The Kier molecular flexibility index (Phi) is 4.93. The van der Waals surface area contributed by atoms with Crippen LogP contribution in [-0.4, -0.2) is 34.0 Å². The highest BCUT2D eigenvalue weighted by Crippen LogP contribution is 2.28. The maximum atomic E-state index is 13.8. The lowest BCUT2D eigenvalue weighted by molar-refractivity contribution is -0.384. The standard InChI is InChI=1S/C15H16FN3O5/c1-8(2)12(18-13(16)11(17)14(18)20)15(21)24-7-9-3-5-10(6-4-9)19(22)23/h3-6,11,13H,7,17H2,1-2H3. The molecule has 0 aromatic heterocycles. The average Bonchev–Trinajstić information content (AvgIpc) is 2.56. The van der Waals surface area contributed by atoms with Gasteiger partial charge in [-0.15, -0.1) is 0 Å². The molecule has 2 rings (SSSR count). The van der Waals surface area contributed by atoms with Crippen LogP contribution in [0.3, 0.4) is 0 Å². The maximum Gasteiger partial charge on any atom is 0.355 e. The molecule has 1 aliphatic rings. The van der Waals surface area contributed by atoms with Crippen molar-refractivity contribution < 1.29 is 23.6 Å². The molecule has 0 radical (unpaired) electrons. The van der Waals surface area contributed by atoms with Crippen LogP contribution < -0.4 is 5.73 Å². The highest BCUT2D eigenvalue weighted by atomic mass is 19.1. The number of nitro benzene ring substituents is 1. The molecule has 8 nitrogen and oxygen atoms in total. The van der Waals surface area contributed by atoms with Crippen molar-refractivity contribution >= 4 is 17.6 Å². The van der Waals surface area contributed by atoms with Crippen LogP contribution in [0, 0.1) is 10.1 Å². The van der Waals surface area contributed by atoms with Gasteiger partial charge in [-0.05, 0) is 37.1 Å². The molecule has 2 N–H and O–H groups in total. The third-order valence-corrected chi connectivity index (χ3v) is 3.49. The Bertz CT molecular complexity index is 712. The fourth-order valence-corrected chi connectivity index (χ4v) is 2.19. The van der Waals surface area contributed by atoms with Gasteiger partial charge >= 0.3 is 5.97 Å². The summed E-state index contributed by atoms with van der Waals surface area (Å²) in [5.74, 6) is -1.55. The summed E-state index contributed by atoms with van der Waals surface area (Å²) in [6, 6.07) is 4.16. The van der Waals surface area contributed by atoms with E-state index in [4.69, 9.17) is 10.5 Å². The second-order valence-electron chi connectivity index (χ2n) is 5.45. The zero-order chi connectivity index (χ0) is 18.0. The van der Waals surface area contributed by atoms with Crippen molar-refractivity contribution in [2.45, 2.75) is 32.8 Å². The van der Waals surface area contributed by atoms with E-state index in [-0.39, 0.29) is 18.0 Å². The number of alkyl halides is 1. The summed E-state index contributed by atoms with van der Waals surface area (Å²) in [5.41, 5.74) is 5.96. The molecule has 24 heavy (non-hydrogen) atoms. The first-order chi connectivity index (χ1) is 11.2. The minimum atomic E-state index is -1.77. The van der Waals surface area contributed by atoms with Crippen LogP contribution in [0.1, 0.15) is 19.4 Å². The predicted octanol–water partition coefficient (Wildman–Crippen LogP) is 1.40. The number of hydrogen-bond acceptors (Lipinski definition) is 6. The molecule has 1 heterocycles. The maximum absolute atomic E-state index is 13.8. The third kappa shape index (κ3) is 3.25. The van der Waals surface area contributed by atoms with Crippen LogP contribution in [0.4, 0.5) is 10.1 Å². The Morgan fingerprint density at radius 3 is 2.42 bits per heavy atom. The van der Waals surface area contributed by atoms with Crippen LogP contribution in [0.5, 0.6) is 0 Å². The van der Waals surface area contributed by atoms with E-state index in [2.05, 4.69) is 0 Å². The number of esters is 1. The summed E-state index contributed by atoms with van der Waals surface area (Å²) in [4.78, 5) is 34.5. The van der Waals surface area contributed by atoms with Gasteiger partial charge in [0.2, 0.25) is 6.30 Å². The zero-order valence-electron chi connectivity index (χ0n) is 13.1. The number of nitro groups is 1. The summed E-state index contributed by atoms with van der Waals surface area (Å²) in [5, 5.41) is 10.6. The first kappa shape index (κ1) is 17.5. The van der Waals surface area contributed by atoms with Gasteiger partial charge in [0.25, 0.3) is 11.6 Å². The Hall–Kier alpha value is -2.81. The van der Waals surface area contributed by atoms with Crippen molar-refractivity contribution in [1.82, 2.24) is 4.90 Å². The van der Waals surface area contributed by atoms with Gasteiger partial charge in [0.15, 0.2) is 0 Å². The first-order valence-electron chi connectivity index (χ1n) is 7.04. The number of hydrogen-bond donors (Lipinski definition) is 1. The molecule has 1 aromatic carbocycles. The molecule has 1 amide bonds. The Morgan fingerprint density at radius 2 is 1.96 bits per heavy atom. The highest BCUT2D eigenvalue weighted by Gasteiger charge is 2.49. The number of benzene rings is 1. The van der Waals surface area contributed by atoms with Gasteiger partial charge in [0.1, 0.15) is 18.3 Å². The van der Waals surface area contributed by atoms with Crippen molar-refractivity contribution in [3.05, 3.63) is 51.2 Å². The molecular formula is C15H16FN3O5. The fourth-order valence-electron chi connectivity index (χ4n) is 2.19. The van der Waals surface area contributed by atoms with Gasteiger partial charge in [0, 0.05) is 12.1 Å². The number of amides is 1. The van der Waals surface area contributed by atoms with Gasteiger partial charge in [-0.3, -0.25) is 19.8 Å². The van der Waals surface area contributed by atoms with Crippen molar-refractivity contribution in [2.75, 3.05) is 0 Å². The largest absolute Gasteiger partial charge is 0.456 e. The Balaban J connectivity index is 2.06. The van der Waals surface area contributed by atoms with E-state index in [0.29, 0.717) is 16.0 Å². The van der Waals surface area contributed by atoms with E-state index in [0.717, 1.165) is 0 Å².